The highest BCUT2D eigenvalue weighted by Crippen LogP contribution is 2.29. The van der Waals surface area contributed by atoms with Gasteiger partial charge < -0.3 is 15.4 Å². The predicted molar refractivity (Wildman–Crippen MR) is 71.2 cm³/mol. The summed E-state index contributed by atoms with van der Waals surface area (Å²) in [5.74, 6) is 0.764. The zero-order valence-electron chi connectivity index (χ0n) is 10.3. The Bertz CT molecular complexity index is 739. The number of hydrogen-bond acceptors (Lipinski definition) is 3. The molecule has 0 aliphatic rings. The van der Waals surface area contributed by atoms with Crippen molar-refractivity contribution in [3.8, 4) is 17.1 Å². The van der Waals surface area contributed by atoms with Crippen LogP contribution in [0.1, 0.15) is 0 Å². The van der Waals surface area contributed by atoms with E-state index in [0.717, 1.165) is 22.3 Å². The summed E-state index contributed by atoms with van der Waals surface area (Å²) in [7, 11) is 3.82. The van der Waals surface area contributed by atoms with E-state index in [0.29, 0.717) is 5.82 Å². The van der Waals surface area contributed by atoms with Gasteiger partial charge in [-0.3, -0.25) is 4.68 Å². The second kappa shape index (κ2) is 3.53. The molecule has 0 aliphatic carbocycles. The maximum Gasteiger partial charge on any atom is 0.146 e. The number of rotatable bonds is 1. The molecule has 92 valence electrons. The fourth-order valence-electron chi connectivity index (χ4n) is 2.29. The van der Waals surface area contributed by atoms with Gasteiger partial charge in [0.25, 0.3) is 0 Å². The van der Waals surface area contributed by atoms with Crippen molar-refractivity contribution in [2.75, 3.05) is 5.73 Å². The van der Waals surface area contributed by atoms with E-state index in [1.165, 1.54) is 0 Å². The number of phenolic OH excluding ortho intramolecular Hbond substituents is 1. The Kier molecular flexibility index (Phi) is 2.10. The number of hydrogen-bond donors (Lipinski definition) is 2. The molecule has 3 rings (SSSR count). The summed E-state index contributed by atoms with van der Waals surface area (Å²) in [6.45, 7) is 0. The maximum absolute atomic E-state index is 9.54. The quantitative estimate of drug-likeness (QED) is 0.684. The van der Waals surface area contributed by atoms with Crippen LogP contribution in [-0.4, -0.2) is 19.5 Å². The molecular formula is C13H14N4O. The van der Waals surface area contributed by atoms with Crippen LogP contribution in [0, 0.1) is 0 Å². The molecule has 0 radical (unpaired) electrons. The van der Waals surface area contributed by atoms with Gasteiger partial charge >= 0.3 is 0 Å². The molecule has 0 unspecified atom stereocenters. The molecule has 3 N–H and O–H groups in total. The third kappa shape index (κ3) is 1.44. The first kappa shape index (κ1) is 10.7. The third-order valence-electron chi connectivity index (χ3n) is 3.19. The molecule has 2 heterocycles. The number of aromatic nitrogens is 3. The van der Waals surface area contributed by atoms with E-state index in [1.54, 1.807) is 16.8 Å². The van der Waals surface area contributed by atoms with Crippen molar-refractivity contribution in [2.45, 2.75) is 0 Å². The summed E-state index contributed by atoms with van der Waals surface area (Å²) >= 11 is 0. The highest BCUT2D eigenvalue weighted by Gasteiger charge is 2.12. The number of phenols is 1. The lowest BCUT2D eigenvalue weighted by molar-refractivity contribution is 0.476. The Hall–Kier alpha value is -2.43. The first-order chi connectivity index (χ1) is 8.56. The predicted octanol–water partition coefficient (Wildman–Crippen LogP) is 1.87. The molecule has 0 bridgehead atoms. The minimum Gasteiger partial charge on any atom is -0.508 e. The second-order valence-electron chi connectivity index (χ2n) is 4.41. The normalized spacial score (nSPS) is 11.2. The highest BCUT2D eigenvalue weighted by molar-refractivity contribution is 5.87. The lowest BCUT2D eigenvalue weighted by atomic mass is 10.2. The third-order valence-corrected chi connectivity index (χ3v) is 3.19. The van der Waals surface area contributed by atoms with Gasteiger partial charge in [-0.05, 0) is 18.2 Å². The summed E-state index contributed by atoms with van der Waals surface area (Å²) < 4.78 is 3.77. The van der Waals surface area contributed by atoms with E-state index in [2.05, 4.69) is 11.2 Å². The molecule has 0 aliphatic heterocycles. The average molecular weight is 242 g/mol. The summed E-state index contributed by atoms with van der Waals surface area (Å²) in [6.07, 6.45) is 0. The van der Waals surface area contributed by atoms with Crippen LogP contribution >= 0.6 is 0 Å². The van der Waals surface area contributed by atoms with Crippen molar-refractivity contribution in [1.29, 1.82) is 0 Å². The summed E-state index contributed by atoms with van der Waals surface area (Å²) in [5, 5.41) is 14.8. The second-order valence-corrected chi connectivity index (χ2v) is 4.41. The van der Waals surface area contributed by atoms with Gasteiger partial charge in [0.1, 0.15) is 11.6 Å². The molecule has 18 heavy (non-hydrogen) atoms. The lowest BCUT2D eigenvalue weighted by Crippen LogP contribution is -1.98. The zero-order valence-corrected chi connectivity index (χ0v) is 10.3. The fraction of sp³-hybridized carbons (Fsp3) is 0.154. The van der Waals surface area contributed by atoms with Crippen molar-refractivity contribution in [2.24, 2.45) is 14.1 Å². The van der Waals surface area contributed by atoms with Gasteiger partial charge in [0.15, 0.2) is 0 Å². The monoisotopic (exact) mass is 242 g/mol. The molecule has 1 aromatic carbocycles. The van der Waals surface area contributed by atoms with E-state index in [1.807, 2.05) is 30.8 Å². The molecule has 0 amide bonds. The van der Waals surface area contributed by atoms with Crippen molar-refractivity contribution in [1.82, 2.24) is 14.3 Å². The topological polar surface area (TPSA) is 69.0 Å². The Labute approximate surface area is 104 Å². The van der Waals surface area contributed by atoms with E-state index in [9.17, 15) is 5.11 Å². The van der Waals surface area contributed by atoms with E-state index in [-0.39, 0.29) is 5.75 Å². The maximum atomic E-state index is 9.54. The Morgan fingerprint density at radius 3 is 2.56 bits per heavy atom. The molecule has 5 heteroatoms. The number of aryl methyl sites for hydroxylation is 2. The molecular weight excluding hydrogens is 228 g/mol. The van der Waals surface area contributed by atoms with Gasteiger partial charge in [-0.15, -0.1) is 0 Å². The van der Waals surface area contributed by atoms with Crippen molar-refractivity contribution >= 4 is 16.7 Å². The molecule has 0 saturated carbocycles. The number of nitrogen functional groups attached to an aromatic ring is 1. The first-order valence-electron chi connectivity index (χ1n) is 5.64. The number of anilines is 1. The van der Waals surface area contributed by atoms with Gasteiger partial charge in [0.05, 0.1) is 16.9 Å². The standard InChI is InChI=1S/C13H14N4O/c1-16-10-6-9(18)4-3-8(10)5-11(16)12-7-13(14)15-17(12)2/h3-7,18H,1-2H3,(H2,14,15). The summed E-state index contributed by atoms with van der Waals surface area (Å²) in [6, 6.07) is 9.23. The average Bonchev–Trinajstić information content (AvgIpc) is 2.80. The molecule has 0 saturated heterocycles. The Balaban J connectivity index is 2.30. The molecule has 3 aromatic rings. The van der Waals surface area contributed by atoms with Crippen molar-refractivity contribution in [3.63, 3.8) is 0 Å². The number of nitrogens with zero attached hydrogens (tertiary/aromatic N) is 3. The van der Waals surface area contributed by atoms with Crippen LogP contribution < -0.4 is 5.73 Å². The fourth-order valence-corrected chi connectivity index (χ4v) is 2.29. The van der Waals surface area contributed by atoms with Gasteiger partial charge in [-0.2, -0.15) is 5.10 Å². The number of nitrogens with two attached hydrogens (primary N) is 1. The Morgan fingerprint density at radius 1 is 1.11 bits per heavy atom. The first-order valence-corrected chi connectivity index (χ1v) is 5.64. The van der Waals surface area contributed by atoms with Crippen LogP contribution in [0.25, 0.3) is 22.3 Å². The van der Waals surface area contributed by atoms with Crippen LogP contribution in [0.3, 0.4) is 0 Å². The van der Waals surface area contributed by atoms with Crippen LogP contribution in [0.5, 0.6) is 5.75 Å². The number of aromatic hydroxyl groups is 1. The lowest BCUT2D eigenvalue weighted by Gasteiger charge is -2.04. The van der Waals surface area contributed by atoms with Crippen molar-refractivity contribution < 1.29 is 5.11 Å². The highest BCUT2D eigenvalue weighted by atomic mass is 16.3. The van der Waals surface area contributed by atoms with Crippen LogP contribution in [-0.2, 0) is 14.1 Å². The molecule has 0 fully saturated rings. The van der Waals surface area contributed by atoms with Gasteiger partial charge in [-0.25, -0.2) is 0 Å². The SMILES string of the molecule is Cn1nc(N)cc1-c1cc2ccc(O)cc2n1C. The van der Waals surface area contributed by atoms with Gasteiger partial charge in [0.2, 0.25) is 0 Å². The molecule has 2 aromatic heterocycles. The van der Waals surface area contributed by atoms with Crippen LogP contribution in [0.15, 0.2) is 30.3 Å². The number of benzene rings is 1. The minimum atomic E-state index is 0.264. The van der Waals surface area contributed by atoms with E-state index >= 15 is 0 Å². The molecule has 0 spiro atoms. The summed E-state index contributed by atoms with van der Waals surface area (Å²) in [5.41, 5.74) is 8.65. The smallest absolute Gasteiger partial charge is 0.146 e. The van der Waals surface area contributed by atoms with Crippen molar-refractivity contribution in [3.05, 3.63) is 30.3 Å². The van der Waals surface area contributed by atoms with Crippen LogP contribution in [0.2, 0.25) is 0 Å². The Morgan fingerprint density at radius 2 is 1.89 bits per heavy atom. The summed E-state index contributed by atoms with van der Waals surface area (Å²) in [4.78, 5) is 0. The largest absolute Gasteiger partial charge is 0.508 e. The molecule has 0 atom stereocenters. The van der Waals surface area contributed by atoms with Crippen LogP contribution in [0.4, 0.5) is 5.82 Å². The zero-order chi connectivity index (χ0) is 12.9. The molecule has 5 nitrogen and oxygen atoms in total. The number of fused-ring (bicyclic) bond motifs is 1. The van der Waals surface area contributed by atoms with E-state index in [4.69, 9.17) is 5.73 Å². The minimum absolute atomic E-state index is 0.264. The van der Waals surface area contributed by atoms with Gasteiger partial charge in [0, 0.05) is 31.6 Å². The van der Waals surface area contributed by atoms with E-state index < -0.39 is 0 Å². The van der Waals surface area contributed by atoms with Gasteiger partial charge in [-0.1, -0.05) is 0 Å².